The van der Waals surface area contributed by atoms with Gasteiger partial charge in [0.15, 0.2) is 0 Å². The van der Waals surface area contributed by atoms with Crippen LogP contribution in [0.2, 0.25) is 0 Å². The third kappa shape index (κ3) is 5.37. The van der Waals surface area contributed by atoms with Gasteiger partial charge in [0, 0.05) is 12.1 Å². The maximum Gasteiger partial charge on any atom is 0.00940 e. The molecule has 1 aliphatic carbocycles. The van der Waals surface area contributed by atoms with Crippen molar-refractivity contribution in [2.24, 2.45) is 11.8 Å². The number of nitrogens with zero attached hydrogens (tertiary/aromatic N) is 1. The summed E-state index contributed by atoms with van der Waals surface area (Å²) < 4.78 is 0. The first kappa shape index (κ1) is 16.3. The van der Waals surface area contributed by atoms with E-state index in [9.17, 15) is 0 Å². The van der Waals surface area contributed by atoms with Gasteiger partial charge in [-0.2, -0.15) is 0 Å². The van der Waals surface area contributed by atoms with E-state index in [0.717, 1.165) is 23.9 Å². The van der Waals surface area contributed by atoms with Gasteiger partial charge in [0.1, 0.15) is 0 Å². The summed E-state index contributed by atoms with van der Waals surface area (Å²) in [6.07, 6.45) is 11.3. The van der Waals surface area contributed by atoms with E-state index >= 15 is 0 Å². The Morgan fingerprint density at radius 2 is 1.80 bits per heavy atom. The van der Waals surface area contributed by atoms with Crippen LogP contribution in [0.4, 0.5) is 0 Å². The summed E-state index contributed by atoms with van der Waals surface area (Å²) in [6.45, 7) is 11.0. The standard InChI is InChI=1S/C18H36N2/c1-4-10-20-11-8-17(9-12-20)19-18-7-5-6-16(14-18)13-15(2)3/h15-19H,4-14H2,1-3H3. The molecule has 2 unspecified atom stereocenters. The molecule has 2 rings (SSSR count). The van der Waals surface area contributed by atoms with Gasteiger partial charge in [-0.15, -0.1) is 0 Å². The maximum atomic E-state index is 4.00. The Morgan fingerprint density at radius 1 is 1.05 bits per heavy atom. The zero-order valence-corrected chi connectivity index (χ0v) is 14.0. The molecule has 0 aromatic rings. The molecule has 0 radical (unpaired) electrons. The molecule has 0 spiro atoms. The van der Waals surface area contributed by atoms with Gasteiger partial charge in [-0.25, -0.2) is 0 Å². The van der Waals surface area contributed by atoms with Crippen LogP contribution < -0.4 is 5.32 Å². The van der Waals surface area contributed by atoms with Crippen LogP contribution in [0.1, 0.15) is 72.1 Å². The van der Waals surface area contributed by atoms with Gasteiger partial charge in [0.25, 0.3) is 0 Å². The Balaban J connectivity index is 1.68. The van der Waals surface area contributed by atoms with Crippen LogP contribution in [-0.4, -0.2) is 36.6 Å². The highest BCUT2D eigenvalue weighted by Gasteiger charge is 2.26. The molecule has 1 saturated heterocycles. The zero-order chi connectivity index (χ0) is 14.4. The van der Waals surface area contributed by atoms with Crippen LogP contribution >= 0.6 is 0 Å². The molecule has 2 fully saturated rings. The lowest BCUT2D eigenvalue weighted by Crippen LogP contribution is -2.47. The van der Waals surface area contributed by atoms with Gasteiger partial charge in [-0.05, 0) is 70.0 Å². The Morgan fingerprint density at radius 3 is 2.45 bits per heavy atom. The lowest BCUT2D eigenvalue weighted by molar-refractivity contribution is 0.172. The molecule has 20 heavy (non-hydrogen) atoms. The second-order valence-corrected chi connectivity index (χ2v) is 7.64. The fourth-order valence-electron chi connectivity index (χ4n) is 4.30. The SMILES string of the molecule is CCCN1CCC(NC2CCCC(CC(C)C)C2)CC1. The molecule has 2 heteroatoms. The summed E-state index contributed by atoms with van der Waals surface area (Å²) in [6, 6.07) is 1.61. The summed E-state index contributed by atoms with van der Waals surface area (Å²) in [7, 11) is 0. The molecule has 1 N–H and O–H groups in total. The monoisotopic (exact) mass is 280 g/mol. The first-order valence-corrected chi connectivity index (χ1v) is 9.15. The van der Waals surface area contributed by atoms with Gasteiger partial charge < -0.3 is 10.2 Å². The number of likely N-dealkylation sites (tertiary alicyclic amines) is 1. The molecule has 118 valence electrons. The summed E-state index contributed by atoms with van der Waals surface area (Å²) in [5.41, 5.74) is 0. The van der Waals surface area contributed by atoms with E-state index in [4.69, 9.17) is 0 Å². The summed E-state index contributed by atoms with van der Waals surface area (Å²) in [5, 5.41) is 4.00. The molecule has 1 aliphatic heterocycles. The van der Waals surface area contributed by atoms with E-state index in [2.05, 4.69) is 31.0 Å². The molecule has 2 nitrogen and oxygen atoms in total. The predicted molar refractivity (Wildman–Crippen MR) is 88.1 cm³/mol. The molecular weight excluding hydrogens is 244 g/mol. The van der Waals surface area contributed by atoms with Crippen LogP contribution in [0.15, 0.2) is 0 Å². The van der Waals surface area contributed by atoms with Crippen molar-refractivity contribution in [2.75, 3.05) is 19.6 Å². The van der Waals surface area contributed by atoms with Crippen molar-refractivity contribution < 1.29 is 0 Å². The summed E-state index contributed by atoms with van der Waals surface area (Å²) in [4.78, 5) is 2.64. The fourth-order valence-corrected chi connectivity index (χ4v) is 4.30. The van der Waals surface area contributed by atoms with Crippen molar-refractivity contribution in [3.8, 4) is 0 Å². The van der Waals surface area contributed by atoms with Crippen molar-refractivity contribution in [1.29, 1.82) is 0 Å². The van der Waals surface area contributed by atoms with E-state index in [1.54, 1.807) is 0 Å². The second-order valence-electron chi connectivity index (χ2n) is 7.64. The highest BCUT2D eigenvalue weighted by atomic mass is 15.1. The van der Waals surface area contributed by atoms with Crippen LogP contribution in [-0.2, 0) is 0 Å². The maximum absolute atomic E-state index is 4.00. The van der Waals surface area contributed by atoms with Crippen molar-refractivity contribution >= 4 is 0 Å². The predicted octanol–water partition coefficient (Wildman–Crippen LogP) is 4.06. The largest absolute Gasteiger partial charge is 0.311 e. The Hall–Kier alpha value is -0.0800. The summed E-state index contributed by atoms with van der Waals surface area (Å²) >= 11 is 0. The van der Waals surface area contributed by atoms with Crippen LogP contribution in [0.3, 0.4) is 0 Å². The van der Waals surface area contributed by atoms with E-state index in [1.165, 1.54) is 71.0 Å². The summed E-state index contributed by atoms with van der Waals surface area (Å²) in [5.74, 6) is 1.86. The van der Waals surface area contributed by atoms with E-state index in [1.807, 2.05) is 0 Å². The normalized spacial score (nSPS) is 30.0. The Bertz CT molecular complexity index is 256. The van der Waals surface area contributed by atoms with Crippen molar-refractivity contribution in [3.63, 3.8) is 0 Å². The minimum atomic E-state index is 0.797. The average Bonchev–Trinajstić information content (AvgIpc) is 2.41. The van der Waals surface area contributed by atoms with Gasteiger partial charge >= 0.3 is 0 Å². The van der Waals surface area contributed by atoms with Gasteiger partial charge in [-0.1, -0.05) is 33.6 Å². The number of nitrogens with one attached hydrogen (secondary N) is 1. The minimum Gasteiger partial charge on any atom is -0.311 e. The molecule has 0 bridgehead atoms. The lowest BCUT2D eigenvalue weighted by atomic mass is 9.80. The van der Waals surface area contributed by atoms with Gasteiger partial charge in [0.2, 0.25) is 0 Å². The van der Waals surface area contributed by atoms with E-state index in [-0.39, 0.29) is 0 Å². The molecule has 0 amide bonds. The quantitative estimate of drug-likeness (QED) is 0.789. The second kappa shape index (κ2) is 8.38. The van der Waals surface area contributed by atoms with Crippen molar-refractivity contribution in [3.05, 3.63) is 0 Å². The molecule has 1 heterocycles. The Labute approximate surface area is 126 Å². The van der Waals surface area contributed by atoms with Crippen LogP contribution in [0.5, 0.6) is 0 Å². The Kier molecular flexibility index (Phi) is 6.83. The van der Waals surface area contributed by atoms with E-state index in [0.29, 0.717) is 0 Å². The molecule has 0 aromatic carbocycles. The zero-order valence-electron chi connectivity index (χ0n) is 14.0. The van der Waals surface area contributed by atoms with Crippen LogP contribution in [0.25, 0.3) is 0 Å². The average molecular weight is 280 g/mol. The molecule has 2 atom stereocenters. The molecule has 1 saturated carbocycles. The minimum absolute atomic E-state index is 0.797. The van der Waals surface area contributed by atoms with Crippen LogP contribution in [0, 0.1) is 11.8 Å². The lowest BCUT2D eigenvalue weighted by Gasteiger charge is -2.37. The van der Waals surface area contributed by atoms with Gasteiger partial charge in [0.05, 0.1) is 0 Å². The highest BCUT2D eigenvalue weighted by molar-refractivity contribution is 4.84. The molecule has 2 aliphatic rings. The number of hydrogen-bond donors (Lipinski definition) is 1. The number of hydrogen-bond acceptors (Lipinski definition) is 2. The fraction of sp³-hybridized carbons (Fsp3) is 1.00. The van der Waals surface area contributed by atoms with Gasteiger partial charge in [-0.3, -0.25) is 0 Å². The third-order valence-corrected chi connectivity index (χ3v) is 5.19. The highest BCUT2D eigenvalue weighted by Crippen LogP contribution is 2.30. The van der Waals surface area contributed by atoms with E-state index < -0.39 is 0 Å². The molecule has 0 aromatic heterocycles. The smallest absolute Gasteiger partial charge is 0.00940 e. The third-order valence-electron chi connectivity index (χ3n) is 5.19. The van der Waals surface area contributed by atoms with Crippen molar-refractivity contribution in [1.82, 2.24) is 10.2 Å². The van der Waals surface area contributed by atoms with Crippen molar-refractivity contribution in [2.45, 2.75) is 84.2 Å². The first-order valence-electron chi connectivity index (χ1n) is 9.15. The molecular formula is C18H36N2. The first-order chi connectivity index (χ1) is 9.67. The number of piperidine rings is 1. The number of rotatable bonds is 6. The topological polar surface area (TPSA) is 15.3 Å².